The van der Waals surface area contributed by atoms with Crippen molar-refractivity contribution in [1.29, 1.82) is 0 Å². The number of halogens is 2. The van der Waals surface area contributed by atoms with E-state index in [0.29, 0.717) is 11.8 Å². The highest BCUT2D eigenvalue weighted by atomic mass is 19.3. The van der Waals surface area contributed by atoms with E-state index in [1.165, 1.54) is 30.0 Å². The van der Waals surface area contributed by atoms with Crippen molar-refractivity contribution in [3.05, 3.63) is 35.9 Å². The van der Waals surface area contributed by atoms with Gasteiger partial charge in [-0.1, -0.05) is 18.2 Å². The minimum atomic E-state index is -3.29. The van der Waals surface area contributed by atoms with Crippen LogP contribution in [0.5, 0.6) is 0 Å². The third-order valence-electron chi connectivity index (χ3n) is 3.18. The van der Waals surface area contributed by atoms with Gasteiger partial charge in [-0.05, 0) is 6.07 Å². The lowest BCUT2D eigenvalue weighted by Crippen LogP contribution is -2.31. The lowest BCUT2D eigenvalue weighted by atomic mass is 9.97. The number of fused-ring (bicyclic) bond motifs is 1. The summed E-state index contributed by atoms with van der Waals surface area (Å²) >= 11 is 0. The molecule has 0 aromatic heterocycles. The first-order chi connectivity index (χ1) is 9.33. The fraction of sp³-hybridized carbons (Fsp3) is 0.286. The summed E-state index contributed by atoms with van der Waals surface area (Å²) in [5.74, 6) is -5.09. The molecule has 1 N–H and O–H groups in total. The second kappa shape index (κ2) is 5.03. The number of aliphatic carboxylic acids is 1. The molecule has 1 aromatic carbocycles. The van der Waals surface area contributed by atoms with Crippen LogP contribution in [0.1, 0.15) is 18.9 Å². The van der Waals surface area contributed by atoms with Gasteiger partial charge in [-0.3, -0.25) is 4.79 Å². The summed E-state index contributed by atoms with van der Waals surface area (Å²) in [7, 11) is 0. The van der Waals surface area contributed by atoms with Crippen LogP contribution in [0.4, 0.5) is 14.5 Å². The number of hydrogen-bond donors (Lipinski definition) is 1. The normalized spacial score (nSPS) is 19.4. The van der Waals surface area contributed by atoms with Crippen LogP contribution >= 0.6 is 0 Å². The van der Waals surface area contributed by atoms with Crippen LogP contribution in [-0.4, -0.2) is 29.5 Å². The number of para-hydroxylation sites is 1. The van der Waals surface area contributed by atoms with Gasteiger partial charge in [0.2, 0.25) is 5.91 Å². The molecule has 0 saturated carbocycles. The van der Waals surface area contributed by atoms with Gasteiger partial charge >= 0.3 is 5.97 Å². The molecule has 1 aromatic rings. The van der Waals surface area contributed by atoms with Crippen molar-refractivity contribution < 1.29 is 23.5 Å². The molecule has 0 saturated heterocycles. The molecule has 1 amide bonds. The molecule has 0 fully saturated rings. The Morgan fingerprint density at radius 1 is 1.35 bits per heavy atom. The maximum Gasteiger partial charge on any atom is 0.328 e. The van der Waals surface area contributed by atoms with E-state index in [1.807, 2.05) is 0 Å². The number of benzene rings is 1. The SMILES string of the molecule is CC(=O)N1CCC(F)(F)/C(=C/C(=O)O)c2ccccc21. The molecule has 0 atom stereocenters. The monoisotopic (exact) mass is 281 g/mol. The molecule has 20 heavy (non-hydrogen) atoms. The Balaban J connectivity index is 2.69. The van der Waals surface area contributed by atoms with Gasteiger partial charge in [-0.2, -0.15) is 0 Å². The molecule has 1 heterocycles. The predicted octanol–water partition coefficient (Wildman–Crippen LogP) is 2.55. The number of rotatable bonds is 1. The number of hydrogen-bond acceptors (Lipinski definition) is 2. The molecular weight excluding hydrogens is 268 g/mol. The zero-order valence-corrected chi connectivity index (χ0v) is 10.8. The zero-order valence-electron chi connectivity index (χ0n) is 10.8. The number of carboxylic acid groups (broad SMARTS) is 1. The Bertz CT molecular complexity index is 596. The Hall–Kier alpha value is -2.24. The molecule has 1 aliphatic rings. The molecule has 1 aliphatic heterocycles. The van der Waals surface area contributed by atoms with Gasteiger partial charge in [0.05, 0.1) is 5.69 Å². The topological polar surface area (TPSA) is 57.6 Å². The van der Waals surface area contributed by atoms with Crippen LogP contribution in [0.15, 0.2) is 30.3 Å². The van der Waals surface area contributed by atoms with E-state index in [2.05, 4.69) is 0 Å². The van der Waals surface area contributed by atoms with E-state index in [1.54, 1.807) is 6.07 Å². The highest BCUT2D eigenvalue weighted by Crippen LogP contribution is 2.42. The summed E-state index contributed by atoms with van der Waals surface area (Å²) in [5, 5.41) is 8.80. The molecule has 0 bridgehead atoms. The number of carboxylic acids is 1. The summed E-state index contributed by atoms with van der Waals surface area (Å²) in [6.45, 7) is 1.14. The minimum Gasteiger partial charge on any atom is -0.478 e. The first-order valence-corrected chi connectivity index (χ1v) is 6.03. The fourth-order valence-corrected chi connectivity index (χ4v) is 2.28. The number of alkyl halides is 2. The van der Waals surface area contributed by atoms with E-state index >= 15 is 0 Å². The van der Waals surface area contributed by atoms with Crippen molar-refractivity contribution in [1.82, 2.24) is 0 Å². The number of allylic oxidation sites excluding steroid dienone is 1. The van der Waals surface area contributed by atoms with Gasteiger partial charge in [-0.25, -0.2) is 13.6 Å². The average Bonchev–Trinajstić information content (AvgIpc) is 2.45. The molecular formula is C14H13F2NO3. The van der Waals surface area contributed by atoms with Crippen LogP contribution in [-0.2, 0) is 9.59 Å². The minimum absolute atomic E-state index is 0.0765. The van der Waals surface area contributed by atoms with Crippen LogP contribution in [0.25, 0.3) is 5.57 Å². The first-order valence-electron chi connectivity index (χ1n) is 6.03. The summed E-state index contributed by atoms with van der Waals surface area (Å²) in [6.07, 6.45) is -0.0944. The molecule has 4 nitrogen and oxygen atoms in total. The van der Waals surface area contributed by atoms with Crippen molar-refractivity contribution in [2.75, 3.05) is 11.4 Å². The molecule has 0 radical (unpaired) electrons. The van der Waals surface area contributed by atoms with Gasteiger partial charge in [0.15, 0.2) is 0 Å². The van der Waals surface area contributed by atoms with Gasteiger partial charge in [0, 0.05) is 37.1 Å². The molecule has 2 rings (SSSR count). The Morgan fingerprint density at radius 2 is 2.00 bits per heavy atom. The summed E-state index contributed by atoms with van der Waals surface area (Å²) < 4.78 is 28.3. The lowest BCUT2D eigenvalue weighted by molar-refractivity contribution is -0.131. The second-order valence-electron chi connectivity index (χ2n) is 4.54. The van der Waals surface area contributed by atoms with Crippen LogP contribution < -0.4 is 4.90 Å². The molecule has 106 valence electrons. The number of carbonyl (C=O) groups is 2. The van der Waals surface area contributed by atoms with E-state index in [9.17, 15) is 18.4 Å². The Labute approximate surface area is 114 Å². The Morgan fingerprint density at radius 3 is 2.60 bits per heavy atom. The lowest BCUT2D eigenvalue weighted by Gasteiger charge is -2.20. The first kappa shape index (κ1) is 14.2. The third kappa shape index (κ3) is 2.54. The highest BCUT2D eigenvalue weighted by Gasteiger charge is 2.40. The third-order valence-corrected chi connectivity index (χ3v) is 3.18. The van der Waals surface area contributed by atoms with Crippen molar-refractivity contribution >= 4 is 23.1 Å². The van der Waals surface area contributed by atoms with Gasteiger partial charge < -0.3 is 10.0 Å². The van der Waals surface area contributed by atoms with E-state index in [0.717, 1.165) is 0 Å². The predicted molar refractivity (Wildman–Crippen MR) is 69.6 cm³/mol. The largest absolute Gasteiger partial charge is 0.478 e. The molecule has 0 spiro atoms. The van der Waals surface area contributed by atoms with E-state index < -0.39 is 23.9 Å². The molecule has 0 unspecified atom stereocenters. The number of amides is 1. The van der Waals surface area contributed by atoms with Gasteiger partial charge in [0.25, 0.3) is 5.92 Å². The van der Waals surface area contributed by atoms with Crippen molar-refractivity contribution in [3.63, 3.8) is 0 Å². The van der Waals surface area contributed by atoms with Gasteiger partial charge in [0.1, 0.15) is 0 Å². The van der Waals surface area contributed by atoms with Crippen molar-refractivity contribution in [2.24, 2.45) is 0 Å². The number of anilines is 1. The standard InChI is InChI=1S/C14H13F2NO3/c1-9(18)17-7-6-14(15,16)11(8-13(19)20)10-4-2-3-5-12(10)17/h2-5,8H,6-7H2,1H3,(H,19,20)/b11-8+. The van der Waals surface area contributed by atoms with E-state index in [-0.39, 0.29) is 18.0 Å². The molecule has 0 aliphatic carbocycles. The fourth-order valence-electron chi connectivity index (χ4n) is 2.28. The van der Waals surface area contributed by atoms with Crippen molar-refractivity contribution in [3.8, 4) is 0 Å². The highest BCUT2D eigenvalue weighted by molar-refractivity contribution is 6.00. The average molecular weight is 281 g/mol. The van der Waals surface area contributed by atoms with E-state index in [4.69, 9.17) is 5.11 Å². The maximum absolute atomic E-state index is 14.1. The van der Waals surface area contributed by atoms with Crippen LogP contribution in [0.3, 0.4) is 0 Å². The summed E-state index contributed by atoms with van der Waals surface area (Å²) in [4.78, 5) is 23.6. The maximum atomic E-state index is 14.1. The van der Waals surface area contributed by atoms with Crippen molar-refractivity contribution in [2.45, 2.75) is 19.3 Å². The van der Waals surface area contributed by atoms with Crippen LogP contribution in [0.2, 0.25) is 0 Å². The summed E-state index contributed by atoms with van der Waals surface area (Å²) in [6, 6.07) is 6.10. The quantitative estimate of drug-likeness (QED) is 0.805. The Kier molecular flexibility index (Phi) is 3.57. The number of carbonyl (C=O) groups excluding carboxylic acids is 1. The van der Waals surface area contributed by atoms with Gasteiger partial charge in [-0.15, -0.1) is 0 Å². The zero-order chi connectivity index (χ0) is 14.9. The second-order valence-corrected chi connectivity index (χ2v) is 4.54. The van der Waals surface area contributed by atoms with Crippen LogP contribution in [0, 0.1) is 0 Å². The molecule has 6 heteroatoms. The number of nitrogens with zero attached hydrogens (tertiary/aromatic N) is 1. The summed E-state index contributed by atoms with van der Waals surface area (Å²) in [5.41, 5.74) is -0.179. The smallest absolute Gasteiger partial charge is 0.328 e.